The van der Waals surface area contributed by atoms with Gasteiger partial charge >= 0.3 is 138 Å². The SMILES string of the molecule is C1SC1CSC1C[Te]C(SCC2CS2)C[Te]1. The summed E-state index contributed by atoms with van der Waals surface area (Å²) in [6, 6.07) is 0. The van der Waals surface area contributed by atoms with Gasteiger partial charge in [0.1, 0.15) is 0 Å². The van der Waals surface area contributed by atoms with Crippen LogP contribution in [0, 0.1) is 0 Å². The molecule has 3 rings (SSSR count). The summed E-state index contributed by atoms with van der Waals surface area (Å²) in [6.07, 6.45) is 0. The van der Waals surface area contributed by atoms with Crippen molar-refractivity contribution in [3.63, 3.8) is 0 Å². The third-order valence-electron chi connectivity index (χ3n) is 2.58. The average Bonchev–Trinajstić information content (AvgIpc) is 3.17. The minimum absolute atomic E-state index is 0.373. The van der Waals surface area contributed by atoms with Crippen LogP contribution in [0.3, 0.4) is 0 Å². The quantitative estimate of drug-likeness (QED) is 0.391. The van der Waals surface area contributed by atoms with Crippen molar-refractivity contribution >= 4 is 88.9 Å². The molecule has 3 saturated heterocycles. The van der Waals surface area contributed by atoms with Crippen molar-refractivity contribution in [1.29, 1.82) is 0 Å². The Morgan fingerprint density at radius 1 is 0.875 bits per heavy atom. The maximum atomic E-state index is 2.36. The fraction of sp³-hybridized carbons (Fsp3) is 1.00. The Balaban J connectivity index is 1.28. The molecule has 0 amide bonds. The van der Waals surface area contributed by atoms with Crippen LogP contribution in [0.25, 0.3) is 0 Å². The van der Waals surface area contributed by atoms with Gasteiger partial charge in [0.05, 0.1) is 0 Å². The molecule has 4 atom stereocenters. The zero-order chi connectivity index (χ0) is 10.8. The Morgan fingerprint density at radius 2 is 1.31 bits per heavy atom. The summed E-state index contributed by atoms with van der Waals surface area (Å²) in [7, 11) is 0. The van der Waals surface area contributed by atoms with Crippen LogP contribution in [0.5, 0.6) is 0 Å². The molecule has 3 fully saturated rings. The molecule has 16 heavy (non-hydrogen) atoms. The van der Waals surface area contributed by atoms with E-state index in [2.05, 4.69) is 47.0 Å². The number of rotatable bonds is 6. The fourth-order valence-corrected chi connectivity index (χ4v) is 21.1. The summed E-state index contributed by atoms with van der Waals surface area (Å²) in [5, 5.41) is 2.13. The third kappa shape index (κ3) is 5.16. The molecule has 0 radical (unpaired) electrons. The molecule has 0 aromatic heterocycles. The second-order valence-corrected chi connectivity index (χ2v) is 18.2. The summed E-state index contributed by atoms with van der Waals surface area (Å²) in [5.41, 5.74) is 0. The van der Waals surface area contributed by atoms with Gasteiger partial charge in [-0.2, -0.15) is 0 Å². The number of thioether (sulfide) groups is 4. The van der Waals surface area contributed by atoms with Gasteiger partial charge in [-0.1, -0.05) is 0 Å². The zero-order valence-corrected chi connectivity index (χ0v) is 16.9. The second kappa shape index (κ2) is 7.12. The van der Waals surface area contributed by atoms with Crippen molar-refractivity contribution in [2.24, 2.45) is 0 Å². The van der Waals surface area contributed by atoms with Crippen LogP contribution in [0.4, 0.5) is 0 Å². The van der Waals surface area contributed by atoms with Crippen LogP contribution in [-0.4, -0.2) is 82.0 Å². The molecule has 3 heterocycles. The van der Waals surface area contributed by atoms with Gasteiger partial charge in [0.25, 0.3) is 0 Å². The first-order valence-electron chi connectivity index (χ1n) is 5.60. The third-order valence-corrected chi connectivity index (χ3v) is 22.8. The molecule has 0 N–H and O–H groups in total. The Morgan fingerprint density at radius 3 is 1.62 bits per heavy atom. The molecule has 92 valence electrons. The van der Waals surface area contributed by atoms with E-state index in [0.29, 0.717) is 41.8 Å². The van der Waals surface area contributed by atoms with Crippen molar-refractivity contribution in [1.82, 2.24) is 0 Å². The summed E-state index contributed by atoms with van der Waals surface area (Å²) < 4.78 is 5.76. The van der Waals surface area contributed by atoms with E-state index < -0.39 is 0 Å². The Bertz CT molecular complexity index is 201. The van der Waals surface area contributed by atoms with E-state index in [1.165, 1.54) is 29.6 Å². The molecule has 0 bridgehead atoms. The van der Waals surface area contributed by atoms with Crippen molar-refractivity contribution in [2.45, 2.75) is 26.0 Å². The summed E-state index contributed by atoms with van der Waals surface area (Å²) in [5.74, 6) is 5.91. The van der Waals surface area contributed by atoms with Crippen molar-refractivity contribution in [3.05, 3.63) is 0 Å². The van der Waals surface area contributed by atoms with E-state index in [0.717, 1.165) is 10.5 Å². The maximum absolute atomic E-state index is 2.36. The molecule has 6 heteroatoms. The number of hydrogen-bond acceptors (Lipinski definition) is 4. The zero-order valence-electron chi connectivity index (χ0n) is 9.00. The minimum atomic E-state index is 0.373. The topological polar surface area (TPSA) is 0 Å². The van der Waals surface area contributed by atoms with Crippen molar-refractivity contribution < 1.29 is 0 Å². The predicted octanol–water partition coefficient (Wildman–Crippen LogP) is 2.59. The predicted molar refractivity (Wildman–Crippen MR) is 86.1 cm³/mol. The Hall–Kier alpha value is 2.98. The van der Waals surface area contributed by atoms with Gasteiger partial charge in [0.2, 0.25) is 0 Å². The normalized spacial score (nSPS) is 42.0. The van der Waals surface area contributed by atoms with E-state index in [9.17, 15) is 0 Å². The molecule has 0 aliphatic carbocycles. The van der Waals surface area contributed by atoms with Crippen molar-refractivity contribution in [2.75, 3.05) is 23.0 Å². The standard InChI is InChI=1S/C10H16S4Te2/c1-7(11-1)3-13-9-5-16-10(6-15-9)14-4-8-2-12-8/h7-10H,1-6H2. The molecule has 0 aromatic carbocycles. The second-order valence-electron chi connectivity index (χ2n) is 4.10. The fourth-order valence-electron chi connectivity index (χ4n) is 1.42. The van der Waals surface area contributed by atoms with Crippen LogP contribution in [-0.2, 0) is 0 Å². The molecule has 4 unspecified atom stereocenters. The summed E-state index contributed by atoms with van der Waals surface area (Å²) in [4.78, 5) is 0. The van der Waals surface area contributed by atoms with Crippen LogP contribution < -0.4 is 0 Å². The Labute approximate surface area is 136 Å². The van der Waals surface area contributed by atoms with Gasteiger partial charge in [-0.05, 0) is 0 Å². The van der Waals surface area contributed by atoms with E-state index in [4.69, 9.17) is 0 Å². The molecular weight excluding hydrogens is 504 g/mol. The average molecular weight is 520 g/mol. The molecular formula is C10H16S4Te2. The summed E-state index contributed by atoms with van der Waals surface area (Å²) in [6.45, 7) is 0. The van der Waals surface area contributed by atoms with Gasteiger partial charge in [-0.3, -0.25) is 0 Å². The van der Waals surface area contributed by atoms with Crippen LogP contribution in [0.2, 0.25) is 8.94 Å². The molecule has 3 aliphatic heterocycles. The van der Waals surface area contributed by atoms with E-state index >= 15 is 0 Å². The first-order chi connectivity index (χ1) is 7.90. The first kappa shape index (κ1) is 13.9. The van der Waals surface area contributed by atoms with Gasteiger partial charge < -0.3 is 0 Å². The Kier molecular flexibility index (Phi) is 6.20. The van der Waals surface area contributed by atoms with Crippen LogP contribution in [0.15, 0.2) is 0 Å². The van der Waals surface area contributed by atoms with Gasteiger partial charge in [-0.15, -0.1) is 0 Å². The van der Waals surface area contributed by atoms with E-state index in [-0.39, 0.29) is 0 Å². The summed E-state index contributed by atoms with van der Waals surface area (Å²) >= 11 is 9.82. The molecule has 0 spiro atoms. The molecule has 0 saturated carbocycles. The van der Waals surface area contributed by atoms with Gasteiger partial charge in [0.15, 0.2) is 0 Å². The first-order valence-corrected chi connectivity index (χ1v) is 15.8. The number of hydrogen-bond donors (Lipinski definition) is 0. The van der Waals surface area contributed by atoms with Crippen LogP contribution in [0.1, 0.15) is 0 Å². The van der Waals surface area contributed by atoms with Crippen molar-refractivity contribution in [3.8, 4) is 0 Å². The van der Waals surface area contributed by atoms with Gasteiger partial charge in [0, 0.05) is 0 Å². The van der Waals surface area contributed by atoms with Crippen LogP contribution >= 0.6 is 47.0 Å². The van der Waals surface area contributed by atoms with E-state index in [1.54, 1.807) is 8.94 Å². The molecule has 3 aliphatic rings. The molecule has 0 aromatic rings. The van der Waals surface area contributed by atoms with Gasteiger partial charge in [-0.25, -0.2) is 0 Å². The monoisotopic (exact) mass is 524 g/mol. The molecule has 0 nitrogen and oxygen atoms in total. The van der Waals surface area contributed by atoms with E-state index in [1.807, 2.05) is 0 Å².